The lowest BCUT2D eigenvalue weighted by Crippen LogP contribution is -2.40. The van der Waals surface area contributed by atoms with Crippen molar-refractivity contribution in [2.75, 3.05) is 7.11 Å². The standard InChI is InChI=1S/C14H17NO3/c1-18-14(17)12(10-6-3-2-4-7-10)15-13(16)11-8-5-9-11/h2-4,6-7,11-12H,5,8-9H2,1H3,(H,15,16). The van der Waals surface area contributed by atoms with Gasteiger partial charge in [0.05, 0.1) is 7.11 Å². The molecule has 1 aliphatic rings. The first-order valence-corrected chi connectivity index (χ1v) is 6.15. The molecule has 0 aromatic heterocycles. The van der Waals surface area contributed by atoms with E-state index < -0.39 is 12.0 Å². The molecule has 1 amide bonds. The lowest BCUT2D eigenvalue weighted by atomic mass is 9.84. The van der Waals surface area contributed by atoms with Crippen molar-refractivity contribution in [3.8, 4) is 0 Å². The van der Waals surface area contributed by atoms with Crippen LogP contribution in [0.25, 0.3) is 0 Å². The summed E-state index contributed by atoms with van der Waals surface area (Å²) in [7, 11) is 1.33. The van der Waals surface area contributed by atoms with Crippen molar-refractivity contribution < 1.29 is 14.3 Å². The molecule has 1 aromatic rings. The molecule has 1 unspecified atom stereocenters. The van der Waals surface area contributed by atoms with Gasteiger partial charge in [-0.1, -0.05) is 36.8 Å². The molecule has 0 aliphatic heterocycles. The van der Waals surface area contributed by atoms with Crippen molar-refractivity contribution >= 4 is 11.9 Å². The summed E-state index contributed by atoms with van der Waals surface area (Å²) in [6, 6.07) is 8.45. The van der Waals surface area contributed by atoms with Gasteiger partial charge in [-0.15, -0.1) is 0 Å². The zero-order valence-electron chi connectivity index (χ0n) is 10.4. The van der Waals surface area contributed by atoms with Crippen LogP contribution in [-0.4, -0.2) is 19.0 Å². The Balaban J connectivity index is 2.10. The summed E-state index contributed by atoms with van der Waals surface area (Å²) in [6.07, 6.45) is 2.91. The maximum Gasteiger partial charge on any atom is 0.333 e. The van der Waals surface area contributed by atoms with E-state index in [0.717, 1.165) is 24.8 Å². The van der Waals surface area contributed by atoms with Crippen LogP contribution < -0.4 is 5.32 Å². The summed E-state index contributed by atoms with van der Waals surface area (Å²) in [6.45, 7) is 0. The summed E-state index contributed by atoms with van der Waals surface area (Å²) < 4.78 is 4.75. The normalized spacial score (nSPS) is 16.5. The monoisotopic (exact) mass is 247 g/mol. The van der Waals surface area contributed by atoms with Crippen molar-refractivity contribution in [2.24, 2.45) is 5.92 Å². The highest BCUT2D eigenvalue weighted by atomic mass is 16.5. The van der Waals surface area contributed by atoms with E-state index in [1.54, 1.807) is 0 Å². The maximum absolute atomic E-state index is 11.9. The number of benzene rings is 1. The van der Waals surface area contributed by atoms with Crippen LogP contribution in [0.4, 0.5) is 0 Å². The van der Waals surface area contributed by atoms with Crippen LogP contribution in [0.1, 0.15) is 30.9 Å². The summed E-state index contributed by atoms with van der Waals surface area (Å²) in [4.78, 5) is 23.7. The van der Waals surface area contributed by atoms with Crippen LogP contribution in [0.15, 0.2) is 30.3 Å². The maximum atomic E-state index is 11.9. The van der Waals surface area contributed by atoms with Gasteiger partial charge in [0.15, 0.2) is 6.04 Å². The first kappa shape index (κ1) is 12.6. The van der Waals surface area contributed by atoms with E-state index >= 15 is 0 Å². The second kappa shape index (κ2) is 5.67. The van der Waals surface area contributed by atoms with Gasteiger partial charge in [-0.3, -0.25) is 4.79 Å². The summed E-state index contributed by atoms with van der Waals surface area (Å²) in [5, 5.41) is 2.77. The minimum atomic E-state index is -0.704. The summed E-state index contributed by atoms with van der Waals surface area (Å²) in [5.74, 6) is -0.435. The number of carbonyl (C=O) groups is 2. The molecule has 1 aromatic carbocycles. The molecule has 2 rings (SSSR count). The average molecular weight is 247 g/mol. The number of amides is 1. The van der Waals surface area contributed by atoms with Gasteiger partial charge in [0.1, 0.15) is 0 Å². The number of nitrogens with one attached hydrogen (secondary N) is 1. The first-order chi connectivity index (χ1) is 8.72. The van der Waals surface area contributed by atoms with E-state index in [0.29, 0.717) is 0 Å². The van der Waals surface area contributed by atoms with Crippen molar-refractivity contribution in [2.45, 2.75) is 25.3 Å². The summed E-state index contributed by atoms with van der Waals surface area (Å²) in [5.41, 5.74) is 0.747. The largest absolute Gasteiger partial charge is 0.467 e. The number of rotatable bonds is 4. The molecule has 0 bridgehead atoms. The van der Waals surface area contributed by atoms with Crippen LogP contribution in [0.5, 0.6) is 0 Å². The molecule has 0 radical (unpaired) electrons. The van der Waals surface area contributed by atoms with Gasteiger partial charge in [0.25, 0.3) is 0 Å². The van der Waals surface area contributed by atoms with Gasteiger partial charge in [-0.2, -0.15) is 0 Å². The SMILES string of the molecule is COC(=O)C(NC(=O)C1CCC1)c1ccccc1. The van der Waals surface area contributed by atoms with E-state index in [1.807, 2.05) is 30.3 Å². The Morgan fingerprint density at radius 2 is 1.94 bits per heavy atom. The molecule has 1 atom stereocenters. The van der Waals surface area contributed by atoms with Crippen molar-refractivity contribution in [3.05, 3.63) is 35.9 Å². The van der Waals surface area contributed by atoms with Gasteiger partial charge in [-0.25, -0.2) is 4.79 Å². The Kier molecular flexibility index (Phi) is 3.97. The van der Waals surface area contributed by atoms with Crippen molar-refractivity contribution in [1.82, 2.24) is 5.32 Å². The van der Waals surface area contributed by atoms with Crippen LogP contribution in [0.2, 0.25) is 0 Å². The van der Waals surface area contributed by atoms with Gasteiger partial charge in [-0.05, 0) is 18.4 Å². The van der Waals surface area contributed by atoms with Crippen molar-refractivity contribution in [1.29, 1.82) is 0 Å². The number of esters is 1. The molecule has 0 saturated heterocycles. The molecule has 0 spiro atoms. The van der Waals surface area contributed by atoms with Crippen molar-refractivity contribution in [3.63, 3.8) is 0 Å². The van der Waals surface area contributed by atoms with E-state index in [1.165, 1.54) is 7.11 Å². The third-order valence-electron chi connectivity index (χ3n) is 3.33. The van der Waals surface area contributed by atoms with E-state index in [4.69, 9.17) is 4.74 Å². The van der Waals surface area contributed by atoms with E-state index in [9.17, 15) is 9.59 Å². The molecule has 1 saturated carbocycles. The highest BCUT2D eigenvalue weighted by Crippen LogP contribution is 2.27. The molecule has 1 N–H and O–H groups in total. The lowest BCUT2D eigenvalue weighted by molar-refractivity contribution is -0.146. The molecular weight excluding hydrogens is 230 g/mol. The van der Waals surface area contributed by atoms with Gasteiger partial charge < -0.3 is 10.1 Å². The molecule has 4 heteroatoms. The second-order valence-electron chi connectivity index (χ2n) is 4.50. The molecule has 4 nitrogen and oxygen atoms in total. The molecule has 0 heterocycles. The number of methoxy groups -OCH3 is 1. The fourth-order valence-corrected chi connectivity index (χ4v) is 1.97. The predicted molar refractivity (Wildman–Crippen MR) is 66.7 cm³/mol. The lowest BCUT2D eigenvalue weighted by Gasteiger charge is -2.26. The Morgan fingerprint density at radius 1 is 1.28 bits per heavy atom. The summed E-state index contributed by atoms with van der Waals surface area (Å²) >= 11 is 0. The van der Waals surface area contributed by atoms with E-state index in [-0.39, 0.29) is 11.8 Å². The highest BCUT2D eigenvalue weighted by Gasteiger charge is 2.30. The predicted octanol–water partition coefficient (Wildman–Crippen LogP) is 1.82. The average Bonchev–Trinajstić information content (AvgIpc) is 2.34. The first-order valence-electron chi connectivity index (χ1n) is 6.15. The quantitative estimate of drug-likeness (QED) is 0.826. The van der Waals surface area contributed by atoms with E-state index in [2.05, 4.69) is 5.32 Å². The molecule has 96 valence electrons. The smallest absolute Gasteiger partial charge is 0.333 e. The number of carbonyl (C=O) groups excluding carboxylic acids is 2. The third-order valence-corrected chi connectivity index (χ3v) is 3.33. The molecular formula is C14H17NO3. The molecule has 18 heavy (non-hydrogen) atoms. The van der Waals surface area contributed by atoms with Crippen LogP contribution in [0, 0.1) is 5.92 Å². The Morgan fingerprint density at radius 3 is 2.44 bits per heavy atom. The zero-order chi connectivity index (χ0) is 13.0. The van der Waals surface area contributed by atoms with Crippen LogP contribution >= 0.6 is 0 Å². The Hall–Kier alpha value is -1.84. The number of hydrogen-bond donors (Lipinski definition) is 1. The topological polar surface area (TPSA) is 55.4 Å². The van der Waals surface area contributed by atoms with Gasteiger partial charge in [0, 0.05) is 5.92 Å². The van der Waals surface area contributed by atoms with Gasteiger partial charge >= 0.3 is 5.97 Å². The molecule has 1 aliphatic carbocycles. The fourth-order valence-electron chi connectivity index (χ4n) is 1.97. The van der Waals surface area contributed by atoms with Gasteiger partial charge in [0.2, 0.25) is 5.91 Å². The third kappa shape index (κ3) is 2.70. The minimum Gasteiger partial charge on any atom is -0.467 e. The van der Waals surface area contributed by atoms with Crippen LogP contribution in [0.3, 0.4) is 0 Å². The fraction of sp³-hybridized carbons (Fsp3) is 0.429. The highest BCUT2D eigenvalue weighted by molar-refractivity contribution is 5.86. The number of hydrogen-bond acceptors (Lipinski definition) is 3. The minimum absolute atomic E-state index is 0.0551. The number of ether oxygens (including phenoxy) is 1. The zero-order valence-corrected chi connectivity index (χ0v) is 10.4. The second-order valence-corrected chi connectivity index (χ2v) is 4.50. The Bertz CT molecular complexity index is 426. The van der Waals surface area contributed by atoms with Crippen LogP contribution in [-0.2, 0) is 14.3 Å². The Labute approximate surface area is 106 Å². The molecule has 1 fully saturated rings.